The first kappa shape index (κ1) is 22.3. The number of nitrogens with one attached hydrogen (secondary N) is 3. The summed E-state index contributed by atoms with van der Waals surface area (Å²) in [4.78, 5) is 26.7. The Morgan fingerprint density at radius 2 is 1.96 bits per heavy atom. The number of halogens is 1. The normalized spacial score (nSPS) is 20.0. The van der Waals surface area contributed by atoms with Crippen LogP contribution < -0.4 is 20.7 Å². The van der Waals surface area contributed by atoms with E-state index in [2.05, 4.69) is 16.0 Å². The summed E-state index contributed by atoms with van der Waals surface area (Å²) >= 11 is 0. The molecule has 1 unspecified atom stereocenters. The van der Waals surface area contributed by atoms with Crippen LogP contribution in [0.5, 0.6) is 5.75 Å². The molecule has 3 amide bonds. The van der Waals surface area contributed by atoms with E-state index in [4.69, 9.17) is 4.74 Å². The van der Waals surface area contributed by atoms with Crippen molar-refractivity contribution in [2.75, 3.05) is 33.3 Å². The van der Waals surface area contributed by atoms with E-state index in [1.54, 1.807) is 7.11 Å². The number of rotatable bonds is 5. The van der Waals surface area contributed by atoms with Gasteiger partial charge in [0.15, 0.2) is 0 Å². The number of carbonyl (C=O) groups excluding carboxylic acids is 2. The lowest BCUT2D eigenvalue weighted by molar-refractivity contribution is -0.133. The number of amides is 3. The minimum Gasteiger partial charge on any atom is -0.496 e. The number of para-hydroxylation sites is 1. The molecule has 8 heteroatoms. The number of piperazine rings is 1. The van der Waals surface area contributed by atoms with Gasteiger partial charge in [0.1, 0.15) is 5.75 Å². The second kappa shape index (κ2) is 11.1. The van der Waals surface area contributed by atoms with Crippen molar-refractivity contribution >= 4 is 24.3 Å². The molecule has 7 nitrogen and oxygen atoms in total. The highest BCUT2D eigenvalue weighted by molar-refractivity contribution is 5.85. The molecule has 1 aromatic carbocycles. The highest BCUT2D eigenvalue weighted by Gasteiger charge is 2.29. The van der Waals surface area contributed by atoms with Gasteiger partial charge >= 0.3 is 6.03 Å². The first-order valence-corrected chi connectivity index (χ1v) is 9.86. The zero-order chi connectivity index (χ0) is 19.1. The summed E-state index contributed by atoms with van der Waals surface area (Å²) in [5.41, 5.74) is 0.979. The van der Waals surface area contributed by atoms with Gasteiger partial charge in [-0.1, -0.05) is 37.5 Å². The van der Waals surface area contributed by atoms with Gasteiger partial charge < -0.3 is 25.6 Å². The third-order valence-electron chi connectivity index (χ3n) is 5.40. The molecule has 1 heterocycles. The van der Waals surface area contributed by atoms with Crippen molar-refractivity contribution in [3.63, 3.8) is 0 Å². The molecule has 3 rings (SSSR count). The Kier molecular flexibility index (Phi) is 8.86. The number of benzene rings is 1. The fraction of sp³-hybridized carbons (Fsp3) is 0.600. The zero-order valence-corrected chi connectivity index (χ0v) is 17.2. The van der Waals surface area contributed by atoms with E-state index in [0.717, 1.165) is 43.5 Å². The van der Waals surface area contributed by atoms with Crippen LogP contribution in [-0.4, -0.2) is 56.2 Å². The molecule has 1 saturated heterocycles. The van der Waals surface area contributed by atoms with Gasteiger partial charge in [0.05, 0.1) is 19.7 Å². The number of carbonyl (C=O) groups is 2. The number of urea groups is 1. The van der Waals surface area contributed by atoms with Crippen molar-refractivity contribution in [3.05, 3.63) is 29.8 Å². The Bertz CT molecular complexity index is 652. The maximum atomic E-state index is 12.8. The van der Waals surface area contributed by atoms with Gasteiger partial charge in [0.25, 0.3) is 0 Å². The Labute approximate surface area is 173 Å². The van der Waals surface area contributed by atoms with E-state index < -0.39 is 0 Å². The first-order chi connectivity index (χ1) is 13.2. The van der Waals surface area contributed by atoms with Gasteiger partial charge in [0, 0.05) is 31.2 Å². The van der Waals surface area contributed by atoms with Crippen LogP contribution in [-0.2, 0) is 4.79 Å². The van der Waals surface area contributed by atoms with Crippen LogP contribution in [0.3, 0.4) is 0 Å². The maximum Gasteiger partial charge on any atom is 0.315 e. The van der Waals surface area contributed by atoms with Crippen molar-refractivity contribution in [1.82, 2.24) is 20.9 Å². The molecule has 1 atom stereocenters. The van der Waals surface area contributed by atoms with E-state index in [0.29, 0.717) is 13.1 Å². The van der Waals surface area contributed by atoms with Crippen LogP contribution >= 0.6 is 12.4 Å². The molecule has 3 N–H and O–H groups in total. The minimum atomic E-state index is -0.251. The number of nitrogens with zero attached hydrogens (tertiary/aromatic N) is 1. The number of hydrogen-bond acceptors (Lipinski definition) is 4. The quantitative estimate of drug-likeness (QED) is 0.695. The van der Waals surface area contributed by atoms with Crippen molar-refractivity contribution < 1.29 is 14.3 Å². The second-order valence-electron chi connectivity index (χ2n) is 7.21. The van der Waals surface area contributed by atoms with Crippen LogP contribution in [0.2, 0.25) is 0 Å². The van der Waals surface area contributed by atoms with Gasteiger partial charge in [0.2, 0.25) is 5.91 Å². The average Bonchev–Trinajstić information content (AvgIpc) is 2.72. The molecule has 1 saturated carbocycles. The van der Waals surface area contributed by atoms with Crippen molar-refractivity contribution in [3.8, 4) is 5.75 Å². The molecule has 0 spiro atoms. The molecular formula is C20H31ClN4O3. The van der Waals surface area contributed by atoms with E-state index in [1.807, 2.05) is 29.2 Å². The third kappa shape index (κ3) is 5.75. The van der Waals surface area contributed by atoms with E-state index in [1.165, 1.54) is 6.42 Å². The molecule has 1 aromatic rings. The highest BCUT2D eigenvalue weighted by atomic mass is 35.5. The molecule has 1 aliphatic heterocycles. The van der Waals surface area contributed by atoms with Crippen molar-refractivity contribution in [1.29, 1.82) is 0 Å². The lowest BCUT2D eigenvalue weighted by Crippen LogP contribution is -2.52. The molecule has 2 fully saturated rings. The molecule has 0 radical (unpaired) electrons. The minimum absolute atomic E-state index is 0. The van der Waals surface area contributed by atoms with Crippen molar-refractivity contribution in [2.24, 2.45) is 0 Å². The molecule has 2 aliphatic rings. The fourth-order valence-corrected chi connectivity index (χ4v) is 3.96. The number of ether oxygens (including phenoxy) is 1. The van der Waals surface area contributed by atoms with Gasteiger partial charge in [-0.15, -0.1) is 12.4 Å². The summed E-state index contributed by atoms with van der Waals surface area (Å²) < 4.78 is 5.46. The molecule has 1 aliphatic carbocycles. The molecule has 156 valence electrons. The summed E-state index contributed by atoms with van der Waals surface area (Å²) in [7, 11) is 1.64. The van der Waals surface area contributed by atoms with E-state index in [-0.39, 0.29) is 43.0 Å². The average molecular weight is 411 g/mol. The first-order valence-electron chi connectivity index (χ1n) is 9.86. The summed E-state index contributed by atoms with van der Waals surface area (Å²) in [5, 5.41) is 9.06. The summed E-state index contributed by atoms with van der Waals surface area (Å²) in [5.74, 6) is 0.693. The largest absolute Gasteiger partial charge is 0.496 e. The summed E-state index contributed by atoms with van der Waals surface area (Å²) in [6.07, 6.45) is 5.60. The second-order valence-corrected chi connectivity index (χ2v) is 7.21. The smallest absolute Gasteiger partial charge is 0.315 e. The lowest BCUT2D eigenvalue weighted by Gasteiger charge is -2.37. The molecular weight excluding hydrogens is 380 g/mol. The lowest BCUT2D eigenvalue weighted by atomic mass is 9.96. The van der Waals surface area contributed by atoms with Crippen LogP contribution in [0.25, 0.3) is 0 Å². The number of methoxy groups -OCH3 is 1. The standard InChI is InChI=1S/C20H30N4O3.ClH/c1-27-18-10-6-5-9-16(18)17-13-21-11-12-24(17)19(25)14-22-20(26)23-15-7-3-2-4-8-15;/h5-6,9-10,15,17,21H,2-4,7-8,11-14H2,1H3,(H2,22,23,26);1H. The molecule has 0 bridgehead atoms. The van der Waals surface area contributed by atoms with E-state index in [9.17, 15) is 9.59 Å². The molecule has 0 aromatic heterocycles. The fourth-order valence-electron chi connectivity index (χ4n) is 3.96. The maximum absolute atomic E-state index is 12.8. The van der Waals surface area contributed by atoms with Crippen LogP contribution in [0.4, 0.5) is 4.79 Å². The Balaban J connectivity index is 0.00000280. The van der Waals surface area contributed by atoms with Gasteiger partial charge in [-0.2, -0.15) is 0 Å². The van der Waals surface area contributed by atoms with Crippen LogP contribution in [0, 0.1) is 0 Å². The van der Waals surface area contributed by atoms with E-state index >= 15 is 0 Å². The third-order valence-corrected chi connectivity index (χ3v) is 5.40. The summed E-state index contributed by atoms with van der Waals surface area (Å²) in [6.45, 7) is 2.02. The highest BCUT2D eigenvalue weighted by Crippen LogP contribution is 2.30. The zero-order valence-electron chi connectivity index (χ0n) is 16.4. The summed E-state index contributed by atoms with van der Waals surface area (Å²) in [6, 6.07) is 7.63. The Morgan fingerprint density at radius 1 is 1.21 bits per heavy atom. The van der Waals surface area contributed by atoms with Gasteiger partial charge in [-0.3, -0.25) is 4.79 Å². The topological polar surface area (TPSA) is 82.7 Å². The predicted molar refractivity (Wildman–Crippen MR) is 111 cm³/mol. The van der Waals surface area contributed by atoms with Crippen molar-refractivity contribution in [2.45, 2.75) is 44.2 Å². The monoisotopic (exact) mass is 410 g/mol. The van der Waals surface area contributed by atoms with Crippen LogP contribution in [0.1, 0.15) is 43.7 Å². The Morgan fingerprint density at radius 3 is 2.71 bits per heavy atom. The van der Waals surface area contributed by atoms with Gasteiger partial charge in [-0.05, 0) is 18.9 Å². The molecule has 28 heavy (non-hydrogen) atoms. The number of hydrogen-bond donors (Lipinski definition) is 3. The van der Waals surface area contributed by atoms with Crippen LogP contribution in [0.15, 0.2) is 24.3 Å². The van der Waals surface area contributed by atoms with Gasteiger partial charge in [-0.25, -0.2) is 4.79 Å². The Hall–Kier alpha value is -1.99. The predicted octanol–water partition coefficient (Wildman–Crippen LogP) is 2.22. The SMILES string of the molecule is COc1ccccc1C1CNCCN1C(=O)CNC(=O)NC1CCCCC1.Cl.